The molecule has 1 saturated carbocycles. The van der Waals surface area contributed by atoms with Crippen LogP contribution in [0.3, 0.4) is 0 Å². The Balaban J connectivity index is 1.34. The van der Waals surface area contributed by atoms with E-state index in [0.29, 0.717) is 17.1 Å². The van der Waals surface area contributed by atoms with E-state index < -0.39 is 5.91 Å². The summed E-state index contributed by atoms with van der Waals surface area (Å²) in [5.74, 6) is 0.787. The van der Waals surface area contributed by atoms with E-state index in [2.05, 4.69) is 10.6 Å². The quantitative estimate of drug-likeness (QED) is 0.432. The van der Waals surface area contributed by atoms with Gasteiger partial charge in [-0.05, 0) is 42.7 Å². The predicted octanol–water partition coefficient (Wildman–Crippen LogP) is 2.87. The van der Waals surface area contributed by atoms with Gasteiger partial charge >= 0.3 is 0 Å². The number of fused-ring (bicyclic) bond motifs is 2. The van der Waals surface area contributed by atoms with E-state index >= 15 is 0 Å². The SMILES string of the molecule is N#C/C(=C\c1cn(CC(=O)NC2CC2)c2ccccc12)C(=O)NCc1ccc2c(c1)OCO2. The highest BCUT2D eigenvalue weighted by Crippen LogP contribution is 2.32. The molecular weight excluding hydrogens is 420 g/mol. The van der Waals surface area contributed by atoms with Gasteiger partial charge in [-0.3, -0.25) is 9.59 Å². The molecule has 2 heterocycles. The molecule has 2 aliphatic rings. The lowest BCUT2D eigenvalue weighted by Crippen LogP contribution is -2.29. The molecule has 0 unspecified atom stereocenters. The molecule has 0 atom stereocenters. The zero-order valence-corrected chi connectivity index (χ0v) is 17.8. The lowest BCUT2D eigenvalue weighted by molar-refractivity contribution is -0.121. The fourth-order valence-corrected chi connectivity index (χ4v) is 3.81. The summed E-state index contributed by atoms with van der Waals surface area (Å²) in [4.78, 5) is 25.0. The van der Waals surface area contributed by atoms with Gasteiger partial charge in [0.25, 0.3) is 5.91 Å². The summed E-state index contributed by atoms with van der Waals surface area (Å²) in [5.41, 5.74) is 2.40. The second-order valence-corrected chi connectivity index (χ2v) is 8.11. The van der Waals surface area contributed by atoms with E-state index in [1.165, 1.54) is 0 Å². The second-order valence-electron chi connectivity index (χ2n) is 8.11. The first-order valence-corrected chi connectivity index (χ1v) is 10.8. The summed E-state index contributed by atoms with van der Waals surface area (Å²) in [5, 5.41) is 16.3. The number of nitriles is 1. The Morgan fingerprint density at radius 3 is 2.79 bits per heavy atom. The molecule has 33 heavy (non-hydrogen) atoms. The van der Waals surface area contributed by atoms with Gasteiger partial charge in [0, 0.05) is 35.2 Å². The van der Waals surface area contributed by atoms with Crippen molar-refractivity contribution < 1.29 is 19.1 Å². The molecule has 1 aromatic heterocycles. The molecule has 166 valence electrons. The van der Waals surface area contributed by atoms with Gasteiger partial charge in [0.2, 0.25) is 12.7 Å². The van der Waals surface area contributed by atoms with E-state index in [-0.39, 0.29) is 37.4 Å². The van der Waals surface area contributed by atoms with Crippen molar-refractivity contribution in [1.29, 1.82) is 5.26 Å². The first-order chi connectivity index (χ1) is 16.1. The van der Waals surface area contributed by atoms with Crippen molar-refractivity contribution >= 4 is 28.8 Å². The molecule has 1 fully saturated rings. The number of ether oxygens (including phenoxy) is 2. The molecule has 0 bridgehead atoms. The standard InChI is InChI=1S/C25H22N4O4/c26-11-17(25(31)27-12-16-5-8-22-23(9-16)33-15-32-22)10-18-13-29(14-24(30)28-19-6-7-19)21-4-2-1-3-20(18)21/h1-5,8-10,13,19H,6-7,12,14-15H2,(H,27,31)(H,28,30)/b17-10+. The first-order valence-electron chi connectivity index (χ1n) is 10.8. The predicted molar refractivity (Wildman–Crippen MR) is 121 cm³/mol. The van der Waals surface area contributed by atoms with Gasteiger partial charge in [-0.1, -0.05) is 24.3 Å². The Bertz CT molecular complexity index is 1310. The molecule has 0 saturated heterocycles. The number of hydrogen-bond acceptors (Lipinski definition) is 5. The lowest BCUT2D eigenvalue weighted by atomic mass is 10.1. The molecule has 8 heteroatoms. The van der Waals surface area contributed by atoms with Crippen molar-refractivity contribution in [2.75, 3.05) is 6.79 Å². The van der Waals surface area contributed by atoms with Crippen molar-refractivity contribution in [1.82, 2.24) is 15.2 Å². The van der Waals surface area contributed by atoms with Crippen LogP contribution >= 0.6 is 0 Å². The zero-order chi connectivity index (χ0) is 22.8. The van der Waals surface area contributed by atoms with Crippen LogP contribution in [0.1, 0.15) is 24.0 Å². The number of carbonyl (C=O) groups is 2. The number of carbonyl (C=O) groups excluding carboxylic acids is 2. The number of nitrogens with zero attached hydrogens (tertiary/aromatic N) is 2. The number of benzene rings is 2. The second kappa shape index (κ2) is 8.71. The van der Waals surface area contributed by atoms with Gasteiger partial charge < -0.3 is 24.7 Å². The number of hydrogen-bond donors (Lipinski definition) is 2. The van der Waals surface area contributed by atoms with Crippen molar-refractivity contribution in [2.45, 2.75) is 32.0 Å². The topological polar surface area (TPSA) is 105 Å². The molecule has 1 aliphatic heterocycles. The van der Waals surface area contributed by atoms with Crippen molar-refractivity contribution in [3.8, 4) is 17.6 Å². The summed E-state index contributed by atoms with van der Waals surface area (Å²) in [6, 6.07) is 15.3. The number of amides is 2. The zero-order valence-electron chi connectivity index (χ0n) is 17.8. The molecule has 3 aromatic rings. The minimum atomic E-state index is -0.474. The molecule has 0 spiro atoms. The maximum absolute atomic E-state index is 12.7. The monoisotopic (exact) mass is 442 g/mol. The smallest absolute Gasteiger partial charge is 0.262 e. The Hall–Kier alpha value is -4.25. The van der Waals surface area contributed by atoms with Crippen LogP contribution in [-0.2, 0) is 22.7 Å². The van der Waals surface area contributed by atoms with E-state index in [0.717, 1.165) is 29.3 Å². The van der Waals surface area contributed by atoms with Gasteiger partial charge in [-0.2, -0.15) is 5.26 Å². The van der Waals surface area contributed by atoms with Crippen molar-refractivity contribution in [2.24, 2.45) is 0 Å². The van der Waals surface area contributed by atoms with E-state index in [1.807, 2.05) is 41.0 Å². The highest BCUT2D eigenvalue weighted by Gasteiger charge is 2.23. The highest BCUT2D eigenvalue weighted by molar-refractivity contribution is 6.04. The van der Waals surface area contributed by atoms with Crippen LogP contribution in [0.2, 0.25) is 0 Å². The number of para-hydroxylation sites is 1. The minimum Gasteiger partial charge on any atom is -0.454 e. The van der Waals surface area contributed by atoms with E-state index in [4.69, 9.17) is 9.47 Å². The molecule has 1 aliphatic carbocycles. The van der Waals surface area contributed by atoms with Crippen LogP contribution in [0, 0.1) is 11.3 Å². The van der Waals surface area contributed by atoms with Gasteiger partial charge in [-0.25, -0.2) is 0 Å². The maximum atomic E-state index is 12.7. The van der Waals surface area contributed by atoms with Gasteiger partial charge in [0.15, 0.2) is 11.5 Å². The van der Waals surface area contributed by atoms with Crippen LogP contribution in [0.25, 0.3) is 17.0 Å². The van der Waals surface area contributed by atoms with Crippen LogP contribution in [0.5, 0.6) is 11.5 Å². The number of nitrogens with one attached hydrogen (secondary N) is 2. The molecule has 0 radical (unpaired) electrons. The van der Waals surface area contributed by atoms with E-state index in [1.54, 1.807) is 24.4 Å². The summed E-state index contributed by atoms with van der Waals surface area (Å²) in [7, 11) is 0. The summed E-state index contributed by atoms with van der Waals surface area (Å²) >= 11 is 0. The first kappa shape index (κ1) is 20.6. The lowest BCUT2D eigenvalue weighted by Gasteiger charge is -2.06. The average Bonchev–Trinajstić information content (AvgIpc) is 3.39. The Morgan fingerprint density at radius 1 is 1.15 bits per heavy atom. The van der Waals surface area contributed by atoms with Crippen LogP contribution in [0.4, 0.5) is 0 Å². The third-order valence-corrected chi connectivity index (χ3v) is 5.63. The number of aromatic nitrogens is 1. The molecular formula is C25H22N4O4. The largest absolute Gasteiger partial charge is 0.454 e. The third-order valence-electron chi connectivity index (χ3n) is 5.63. The Morgan fingerprint density at radius 2 is 1.97 bits per heavy atom. The van der Waals surface area contributed by atoms with Crippen molar-refractivity contribution in [3.63, 3.8) is 0 Å². The van der Waals surface area contributed by atoms with Gasteiger partial charge in [-0.15, -0.1) is 0 Å². The maximum Gasteiger partial charge on any atom is 0.262 e. The van der Waals surface area contributed by atoms with Crippen LogP contribution < -0.4 is 20.1 Å². The summed E-state index contributed by atoms with van der Waals surface area (Å²) in [6.07, 6.45) is 5.42. The molecule has 2 amide bonds. The molecule has 5 rings (SSSR count). The molecule has 2 aromatic carbocycles. The number of rotatable bonds is 7. The normalized spacial score (nSPS) is 14.7. The van der Waals surface area contributed by atoms with Gasteiger partial charge in [0.1, 0.15) is 18.2 Å². The summed E-state index contributed by atoms with van der Waals surface area (Å²) in [6.45, 7) is 0.614. The Kier molecular flexibility index (Phi) is 5.45. The fraction of sp³-hybridized carbons (Fsp3) is 0.240. The Labute approximate surface area is 190 Å². The van der Waals surface area contributed by atoms with Crippen LogP contribution in [-0.4, -0.2) is 29.2 Å². The van der Waals surface area contributed by atoms with Crippen molar-refractivity contribution in [3.05, 3.63) is 65.4 Å². The fourth-order valence-electron chi connectivity index (χ4n) is 3.81. The molecule has 8 nitrogen and oxygen atoms in total. The highest BCUT2D eigenvalue weighted by atomic mass is 16.7. The third kappa shape index (κ3) is 4.53. The summed E-state index contributed by atoms with van der Waals surface area (Å²) < 4.78 is 12.5. The average molecular weight is 442 g/mol. The van der Waals surface area contributed by atoms with Crippen LogP contribution in [0.15, 0.2) is 54.2 Å². The minimum absolute atomic E-state index is 0.0129. The van der Waals surface area contributed by atoms with Gasteiger partial charge in [0.05, 0.1) is 0 Å². The van der Waals surface area contributed by atoms with E-state index in [9.17, 15) is 14.9 Å². The molecule has 2 N–H and O–H groups in total.